The molecule has 3 rings (SSSR count). The molecule has 796 valence electrons. The van der Waals surface area contributed by atoms with Crippen LogP contribution in [0.1, 0.15) is 494 Å². The molecule has 0 aromatic carbocycles. The Balaban J connectivity index is -0.000000129. The van der Waals surface area contributed by atoms with Gasteiger partial charge < -0.3 is 60.2 Å². The number of unbranched alkanes of at least 4 members (excludes halogenated alkanes) is 1. The summed E-state index contributed by atoms with van der Waals surface area (Å²) in [6, 6.07) is 0. The molecule has 2 saturated heterocycles. The van der Waals surface area contributed by atoms with E-state index in [1.165, 1.54) is 136 Å². The monoisotopic (exact) mass is 1850 g/mol. The third-order valence-electron chi connectivity index (χ3n) is 23.3. The highest BCUT2D eigenvalue weighted by Gasteiger charge is 2.35. The molecule has 3 fully saturated rings. The van der Waals surface area contributed by atoms with Gasteiger partial charge in [0.2, 0.25) is 0 Å². The Morgan fingerprint density at radius 2 is 0.736 bits per heavy atom. The molecular weight excluding hydrogens is 1590 g/mol. The van der Waals surface area contributed by atoms with Crippen molar-refractivity contribution < 1.29 is 39.7 Å². The van der Waals surface area contributed by atoms with E-state index in [0.717, 1.165) is 116 Å². The SMILES string of the molecule is CC(C)(C)CC(O)CO.CC(C)(C)CCN.CC(C)(C)CCN1CCCC1.CC(C)(C)CCN1CCOCC1.CC(C1CC1)C(C)(C)C.CCC(CO)C(C)(C)C.CCC(CO)C(C)(C)C.CCCC(C)(C)C.CCCC(CCO)C(C)(C)C.CCCCC(C)(C)C.CCCOCCC(C)(C)C.CCN(C)CCC(C)(C)C.CN(C)CCC(C)(C)C.COCCC(C)(C)C. The third kappa shape index (κ3) is 145. The lowest BCUT2D eigenvalue weighted by Gasteiger charge is -2.29. The molecular formula is C116H259N5O8. The maximum absolute atomic E-state index is 8.94. The predicted octanol–water partition coefficient (Wildman–Crippen LogP) is 31.8. The molecule has 0 spiro atoms. The molecule has 0 amide bonds. The van der Waals surface area contributed by atoms with Crippen molar-refractivity contribution >= 4 is 0 Å². The van der Waals surface area contributed by atoms with E-state index in [1.54, 1.807) is 7.11 Å². The Kier molecular flexibility index (Phi) is 95.2. The van der Waals surface area contributed by atoms with Crippen molar-refractivity contribution in [3.63, 3.8) is 0 Å². The molecule has 129 heavy (non-hydrogen) atoms. The zero-order chi connectivity index (χ0) is 105. The van der Waals surface area contributed by atoms with Gasteiger partial charge in [-0.25, -0.2) is 0 Å². The van der Waals surface area contributed by atoms with Crippen LogP contribution in [0.5, 0.6) is 0 Å². The average Bonchev–Trinajstić information content (AvgIpc) is 1.70. The average molecular weight is 1850 g/mol. The predicted molar refractivity (Wildman–Crippen MR) is 587 cm³/mol. The number of hydrogen-bond donors (Lipinski definition) is 6. The summed E-state index contributed by atoms with van der Waals surface area (Å²) >= 11 is 0. The lowest BCUT2D eigenvalue weighted by molar-refractivity contribution is 0.0333. The van der Waals surface area contributed by atoms with Gasteiger partial charge in [-0.2, -0.15) is 0 Å². The van der Waals surface area contributed by atoms with Crippen molar-refractivity contribution in [1.82, 2.24) is 19.6 Å². The van der Waals surface area contributed by atoms with Crippen LogP contribution in [0.3, 0.4) is 0 Å². The minimum atomic E-state index is -0.551. The first-order valence-electron chi connectivity index (χ1n) is 53.1. The molecule has 0 bridgehead atoms. The lowest BCUT2D eigenvalue weighted by Crippen LogP contribution is -2.37. The topological polar surface area (TPSA) is 168 Å². The molecule has 2 aliphatic heterocycles. The van der Waals surface area contributed by atoms with E-state index in [1.807, 2.05) is 20.8 Å². The Labute approximate surface area is 818 Å². The molecule has 1 aliphatic carbocycles. The summed E-state index contributed by atoms with van der Waals surface area (Å²) in [6.45, 7) is 129. The van der Waals surface area contributed by atoms with Crippen LogP contribution in [-0.4, -0.2) is 204 Å². The highest BCUT2D eigenvalue weighted by Crippen LogP contribution is 2.45. The van der Waals surface area contributed by atoms with Gasteiger partial charge in [0.15, 0.2) is 0 Å². The van der Waals surface area contributed by atoms with Crippen molar-refractivity contribution in [2.24, 2.45) is 111 Å². The Bertz CT molecular complexity index is 2160. The lowest BCUT2D eigenvalue weighted by atomic mass is 9.76. The highest BCUT2D eigenvalue weighted by molar-refractivity contribution is 4.85. The maximum Gasteiger partial charge on any atom is 0.0775 e. The second kappa shape index (κ2) is 81.2. The molecule has 0 aromatic rings. The zero-order valence-electron chi connectivity index (χ0n) is 100.0. The fourth-order valence-electron chi connectivity index (χ4n) is 12.6. The first-order valence-corrected chi connectivity index (χ1v) is 53.1. The molecule has 5 atom stereocenters. The van der Waals surface area contributed by atoms with Gasteiger partial charge in [0.25, 0.3) is 0 Å². The smallest absolute Gasteiger partial charge is 0.0775 e. The van der Waals surface area contributed by atoms with Gasteiger partial charge in [0, 0.05) is 59.8 Å². The molecule has 0 aromatic heterocycles. The summed E-state index contributed by atoms with van der Waals surface area (Å²) in [4.78, 5) is 9.66. The molecule has 13 heteroatoms. The van der Waals surface area contributed by atoms with Crippen LogP contribution in [0.25, 0.3) is 0 Å². The number of methoxy groups -OCH3 is 1. The number of morpholine rings is 1. The van der Waals surface area contributed by atoms with E-state index in [2.05, 4.69) is 366 Å². The van der Waals surface area contributed by atoms with Gasteiger partial charge in [-0.1, -0.05) is 391 Å². The van der Waals surface area contributed by atoms with Crippen molar-refractivity contribution in [3.05, 3.63) is 0 Å². The molecule has 5 unspecified atom stereocenters. The van der Waals surface area contributed by atoms with E-state index in [4.69, 9.17) is 45.5 Å². The van der Waals surface area contributed by atoms with Gasteiger partial charge in [-0.05, 0) is 282 Å². The van der Waals surface area contributed by atoms with Gasteiger partial charge in [0.05, 0.1) is 25.9 Å². The minimum Gasteiger partial charge on any atom is -0.396 e. The Morgan fingerprint density at radius 3 is 0.922 bits per heavy atom. The molecule has 0 radical (unpaired) electrons. The van der Waals surface area contributed by atoms with Crippen LogP contribution < -0.4 is 5.73 Å². The summed E-state index contributed by atoms with van der Waals surface area (Å²) < 4.78 is 15.6. The number of aliphatic hydroxyl groups excluding tert-OH is 5. The van der Waals surface area contributed by atoms with Crippen molar-refractivity contribution in [2.45, 2.75) is 500 Å². The van der Waals surface area contributed by atoms with Crippen LogP contribution in [-0.2, 0) is 14.2 Å². The standard InChI is InChI=1S/C10H21NO.C10H21N.C10H22O.C9H21N.C9H20O.C9H18.C8H19N.2C8H18O.C8H18.C7H16O2.C7H16O.C7H16.C6H15N/c1-10(2,3)4-5-11-6-8-12-9-7-11;1-10(2,3)6-9-11-7-4-5-8-11;1-5-6-9(7-8-11)10(2,3)4;1-6-10(5)8-7-9(2,3)4;1-5-7-10-8-6-9(2,3)4;1-7(8-5-6-8)9(2,3)4;1-8(2,3)6-7-9(4)5;2*1-5-7(6-9)8(2,3)4;1-5-6-7-8(2,3)4;1-7(2,3)4-6(9)5-8;1-7(2,3)5-6-8-4;1-5-6-7(2,3)4;1-6(2,3)4-5-7/h4-9H2,1-3H3;4-9H2,1-3H3;9,11H,5-8H2,1-4H3;6-8H2,1-5H3;5-8H2,1-4H3;7-8H,5-6H2,1-4H3;6-7H2,1-5H3;2*7,9H,5-6H2,1-4H3;5-7H2,1-4H3;6,8-9H,4-5H2,1-3H3;5-6H2,1-4H3;5-6H2,1-4H3;4-5,7H2,1-3H3. The van der Waals surface area contributed by atoms with Crippen molar-refractivity contribution in [1.29, 1.82) is 0 Å². The number of rotatable bonds is 30. The van der Waals surface area contributed by atoms with E-state index in [-0.39, 0.29) is 22.9 Å². The Morgan fingerprint density at radius 1 is 0.380 bits per heavy atom. The number of hydrogen-bond acceptors (Lipinski definition) is 13. The highest BCUT2D eigenvalue weighted by atomic mass is 16.5. The summed E-state index contributed by atoms with van der Waals surface area (Å²) in [7, 11) is 8.15. The van der Waals surface area contributed by atoms with Gasteiger partial charge >= 0.3 is 0 Å². The molecule has 2 heterocycles. The van der Waals surface area contributed by atoms with E-state index in [9.17, 15) is 0 Å². The third-order valence-corrected chi connectivity index (χ3v) is 23.3. The Hall–Kier alpha value is -0.520. The van der Waals surface area contributed by atoms with Crippen LogP contribution in [0.2, 0.25) is 0 Å². The maximum atomic E-state index is 8.94. The zero-order valence-corrected chi connectivity index (χ0v) is 100.0. The van der Waals surface area contributed by atoms with Crippen LogP contribution in [0.4, 0.5) is 0 Å². The van der Waals surface area contributed by atoms with E-state index < -0.39 is 6.10 Å². The van der Waals surface area contributed by atoms with Crippen LogP contribution in [0.15, 0.2) is 0 Å². The van der Waals surface area contributed by atoms with Gasteiger partial charge in [-0.15, -0.1) is 0 Å². The second-order valence-electron chi connectivity index (χ2n) is 55.0. The van der Waals surface area contributed by atoms with E-state index in [0.29, 0.717) is 104 Å². The molecule has 7 N–H and O–H groups in total. The van der Waals surface area contributed by atoms with Crippen molar-refractivity contribution in [2.75, 3.05) is 153 Å². The molecule has 3 aliphatic rings. The van der Waals surface area contributed by atoms with Gasteiger partial charge in [-0.3, -0.25) is 4.90 Å². The quantitative estimate of drug-likeness (QED) is 0.0376. The van der Waals surface area contributed by atoms with E-state index >= 15 is 0 Å². The normalized spacial score (nSPS) is 15.6. The first-order chi connectivity index (χ1) is 57.9. The largest absolute Gasteiger partial charge is 0.396 e. The van der Waals surface area contributed by atoms with Gasteiger partial charge in [0.1, 0.15) is 0 Å². The fourth-order valence-corrected chi connectivity index (χ4v) is 12.6. The summed E-state index contributed by atoms with van der Waals surface area (Å²) in [5.74, 6) is 3.58. The van der Waals surface area contributed by atoms with Crippen molar-refractivity contribution in [3.8, 4) is 0 Å². The number of likely N-dealkylation sites (tertiary alicyclic amines) is 1. The molecule has 1 saturated carbocycles. The number of aliphatic hydroxyl groups is 5. The minimum absolute atomic E-state index is 0.113. The summed E-state index contributed by atoms with van der Waals surface area (Å²) in [6.07, 6.45) is 27.9. The summed E-state index contributed by atoms with van der Waals surface area (Å²) in [5, 5.41) is 43.9. The summed E-state index contributed by atoms with van der Waals surface area (Å²) in [5.41, 5.74) is 11.2. The number of nitrogens with zero attached hydrogens (tertiary/aromatic N) is 4. The van der Waals surface area contributed by atoms with Crippen LogP contribution in [0, 0.1) is 105 Å². The number of ether oxygens (including phenoxy) is 3. The first kappa shape index (κ1) is 151. The number of nitrogens with two attached hydrogens (primary N) is 1. The van der Waals surface area contributed by atoms with Crippen LogP contribution >= 0.6 is 0 Å². The molecule has 13 nitrogen and oxygen atoms in total. The fraction of sp³-hybridized carbons (Fsp3) is 1.00. The second-order valence-corrected chi connectivity index (χ2v) is 55.0.